The Bertz CT molecular complexity index is 1510. The van der Waals surface area contributed by atoms with Crippen LogP contribution in [0.25, 0.3) is 28.1 Å². The van der Waals surface area contributed by atoms with Crippen LogP contribution in [-0.4, -0.2) is 33.9 Å². The van der Waals surface area contributed by atoms with Crippen molar-refractivity contribution in [2.45, 2.75) is 24.8 Å². The smallest absolute Gasteiger partial charge is 0.262 e. The minimum Gasteiger partial charge on any atom is -0.305 e. The number of aryl methyl sites for hydroxylation is 3. The van der Waals surface area contributed by atoms with Crippen molar-refractivity contribution in [1.82, 2.24) is 33.9 Å². The first-order valence-corrected chi connectivity index (χ1v) is 10.8. The van der Waals surface area contributed by atoms with E-state index >= 15 is 0 Å². The first-order chi connectivity index (χ1) is 14.9. The van der Waals surface area contributed by atoms with Crippen LogP contribution < -0.4 is 5.56 Å². The summed E-state index contributed by atoms with van der Waals surface area (Å²) in [5.41, 5.74) is 3.98. The van der Waals surface area contributed by atoms with Crippen molar-refractivity contribution in [1.29, 1.82) is 0 Å². The third-order valence-electron chi connectivity index (χ3n) is 5.38. The molecule has 0 atom stereocenters. The molecule has 5 aromatic rings. The van der Waals surface area contributed by atoms with Crippen molar-refractivity contribution in [3.8, 4) is 11.4 Å². The topological polar surface area (TPSA) is 82.9 Å². The van der Waals surface area contributed by atoms with Crippen LogP contribution in [0.15, 0.2) is 52.4 Å². The Labute approximate surface area is 182 Å². The van der Waals surface area contributed by atoms with Gasteiger partial charge in [0.25, 0.3) is 5.56 Å². The third kappa shape index (κ3) is 3.21. The second-order valence-electron chi connectivity index (χ2n) is 7.66. The molecule has 0 saturated carbocycles. The summed E-state index contributed by atoms with van der Waals surface area (Å²) in [5.74, 6) is 2.64. The molecule has 0 fully saturated rings. The highest BCUT2D eigenvalue weighted by atomic mass is 32.2. The van der Waals surface area contributed by atoms with Crippen molar-refractivity contribution in [3.63, 3.8) is 0 Å². The Balaban J connectivity index is 1.53. The van der Waals surface area contributed by atoms with Gasteiger partial charge in [0.05, 0.1) is 16.7 Å². The van der Waals surface area contributed by atoms with Gasteiger partial charge in [-0.2, -0.15) is 0 Å². The molecule has 0 aliphatic heterocycles. The van der Waals surface area contributed by atoms with E-state index in [0.29, 0.717) is 16.9 Å². The Morgan fingerprint density at radius 3 is 2.52 bits per heavy atom. The van der Waals surface area contributed by atoms with Gasteiger partial charge in [0.1, 0.15) is 5.82 Å². The van der Waals surface area contributed by atoms with Crippen LogP contribution in [0.5, 0.6) is 0 Å². The monoisotopic (exact) mass is 431 g/mol. The zero-order valence-electron chi connectivity index (χ0n) is 17.7. The highest BCUT2D eigenvalue weighted by Gasteiger charge is 2.17. The second-order valence-corrected chi connectivity index (χ2v) is 8.60. The number of rotatable bonds is 4. The first-order valence-electron chi connectivity index (χ1n) is 9.86. The molecule has 0 saturated heterocycles. The van der Waals surface area contributed by atoms with Gasteiger partial charge >= 0.3 is 0 Å². The summed E-state index contributed by atoms with van der Waals surface area (Å²) in [5, 5.41) is 18.8. The Morgan fingerprint density at radius 1 is 0.903 bits per heavy atom. The lowest BCUT2D eigenvalue weighted by atomic mass is 10.1. The number of hydrogen-bond acceptors (Lipinski definition) is 6. The van der Waals surface area contributed by atoms with Gasteiger partial charge in [-0.3, -0.25) is 13.8 Å². The van der Waals surface area contributed by atoms with Crippen molar-refractivity contribution in [2.75, 3.05) is 0 Å². The van der Waals surface area contributed by atoms with Crippen molar-refractivity contribution in [2.24, 2.45) is 14.1 Å². The molecule has 0 unspecified atom stereocenters. The molecule has 0 radical (unpaired) electrons. The summed E-state index contributed by atoms with van der Waals surface area (Å²) in [6.07, 6.45) is 0. The van der Waals surface area contributed by atoms with Gasteiger partial charge < -0.3 is 4.57 Å². The minimum absolute atomic E-state index is 0.0751. The van der Waals surface area contributed by atoms with Crippen LogP contribution in [-0.2, 0) is 19.8 Å². The lowest BCUT2D eigenvalue weighted by Gasteiger charge is -2.08. The Kier molecular flexibility index (Phi) is 4.62. The Hall–Kier alpha value is -3.46. The summed E-state index contributed by atoms with van der Waals surface area (Å²) >= 11 is 1.54. The van der Waals surface area contributed by atoms with Gasteiger partial charge in [-0.15, -0.1) is 20.4 Å². The maximum Gasteiger partial charge on any atom is 0.262 e. The van der Waals surface area contributed by atoms with Gasteiger partial charge in [0, 0.05) is 19.7 Å². The summed E-state index contributed by atoms with van der Waals surface area (Å²) < 4.78 is 5.47. The fourth-order valence-electron chi connectivity index (χ4n) is 3.76. The van der Waals surface area contributed by atoms with E-state index in [2.05, 4.69) is 39.5 Å². The molecular formula is C22H21N7OS. The van der Waals surface area contributed by atoms with Gasteiger partial charge in [-0.25, -0.2) is 0 Å². The van der Waals surface area contributed by atoms with Crippen molar-refractivity contribution in [3.05, 3.63) is 69.8 Å². The van der Waals surface area contributed by atoms with Gasteiger partial charge in [-0.1, -0.05) is 47.2 Å². The summed E-state index contributed by atoms with van der Waals surface area (Å²) in [6.45, 7) is 4.04. The average molecular weight is 432 g/mol. The summed E-state index contributed by atoms with van der Waals surface area (Å²) in [7, 11) is 3.69. The van der Waals surface area contributed by atoms with E-state index in [1.807, 2.05) is 53.3 Å². The number of benzene rings is 2. The molecule has 0 aliphatic carbocycles. The third-order valence-corrected chi connectivity index (χ3v) is 6.40. The normalized spacial score (nSPS) is 11.6. The quantitative estimate of drug-likeness (QED) is 0.406. The SMILES string of the molecule is Cc1cccc(-c2nnc(SCc3nnc4n(C)c(=O)c5cc(C)ccc5n34)n2C)c1. The standard InChI is InChI=1S/C22H21N7OS/c1-13-6-5-7-15(10-13)19-24-26-22(27(19)3)31-12-18-23-25-21-28(4)20(30)16-11-14(2)8-9-17(16)29(18)21/h5-11H,12H2,1-4H3. The summed E-state index contributed by atoms with van der Waals surface area (Å²) in [4.78, 5) is 12.7. The largest absolute Gasteiger partial charge is 0.305 e. The van der Waals surface area contributed by atoms with E-state index in [1.54, 1.807) is 11.6 Å². The predicted octanol–water partition coefficient (Wildman–Crippen LogP) is 3.29. The Morgan fingerprint density at radius 2 is 1.71 bits per heavy atom. The molecule has 5 rings (SSSR count). The average Bonchev–Trinajstić information content (AvgIpc) is 3.34. The van der Waals surface area contributed by atoms with E-state index in [4.69, 9.17) is 0 Å². The van der Waals surface area contributed by atoms with Crippen LogP contribution in [0.4, 0.5) is 0 Å². The van der Waals surface area contributed by atoms with E-state index in [1.165, 1.54) is 17.3 Å². The molecule has 31 heavy (non-hydrogen) atoms. The predicted molar refractivity (Wildman–Crippen MR) is 121 cm³/mol. The van der Waals surface area contributed by atoms with Gasteiger partial charge in [0.15, 0.2) is 11.0 Å². The van der Waals surface area contributed by atoms with Crippen molar-refractivity contribution >= 4 is 28.4 Å². The minimum atomic E-state index is -0.0751. The molecule has 3 aromatic heterocycles. The van der Waals surface area contributed by atoms with Crippen molar-refractivity contribution < 1.29 is 0 Å². The van der Waals surface area contributed by atoms with Crippen LogP contribution in [0.3, 0.4) is 0 Å². The van der Waals surface area contributed by atoms with Crippen LogP contribution in [0.1, 0.15) is 17.0 Å². The molecule has 156 valence electrons. The number of aromatic nitrogens is 7. The zero-order valence-corrected chi connectivity index (χ0v) is 18.5. The molecule has 0 N–H and O–H groups in total. The van der Waals surface area contributed by atoms with E-state index < -0.39 is 0 Å². The number of fused-ring (bicyclic) bond motifs is 3. The lowest BCUT2D eigenvalue weighted by Crippen LogP contribution is -2.20. The lowest BCUT2D eigenvalue weighted by molar-refractivity contribution is 0.792. The maximum atomic E-state index is 12.7. The second kappa shape index (κ2) is 7.35. The molecule has 0 amide bonds. The maximum absolute atomic E-state index is 12.7. The van der Waals surface area contributed by atoms with E-state index in [9.17, 15) is 4.79 Å². The number of thioether (sulfide) groups is 1. The number of nitrogens with zero attached hydrogens (tertiary/aromatic N) is 7. The number of hydrogen-bond donors (Lipinski definition) is 0. The van der Waals surface area contributed by atoms with Gasteiger partial charge in [-0.05, 0) is 32.0 Å². The first kappa shape index (κ1) is 19.5. The molecule has 8 nitrogen and oxygen atoms in total. The fraction of sp³-hybridized carbons (Fsp3) is 0.227. The van der Waals surface area contributed by atoms with E-state index in [-0.39, 0.29) is 5.56 Å². The molecule has 0 aliphatic rings. The van der Waals surface area contributed by atoms with Crippen LogP contribution in [0.2, 0.25) is 0 Å². The molecule has 9 heteroatoms. The zero-order chi connectivity index (χ0) is 21.7. The molecule has 2 aromatic carbocycles. The van der Waals surface area contributed by atoms with Gasteiger partial charge in [0.2, 0.25) is 5.78 Å². The summed E-state index contributed by atoms with van der Waals surface area (Å²) in [6, 6.07) is 14.1. The van der Waals surface area contributed by atoms with Crippen LogP contribution in [0, 0.1) is 13.8 Å². The highest BCUT2D eigenvalue weighted by Crippen LogP contribution is 2.26. The molecule has 3 heterocycles. The van der Waals surface area contributed by atoms with E-state index in [0.717, 1.165) is 33.4 Å². The van der Waals surface area contributed by atoms with Crippen LogP contribution >= 0.6 is 11.8 Å². The molecular weight excluding hydrogens is 410 g/mol. The fourth-order valence-corrected chi connectivity index (χ4v) is 4.58. The highest BCUT2D eigenvalue weighted by molar-refractivity contribution is 7.98. The molecule has 0 bridgehead atoms. The molecule has 0 spiro atoms.